The summed E-state index contributed by atoms with van der Waals surface area (Å²) in [6.07, 6.45) is 2.41. The van der Waals surface area contributed by atoms with Gasteiger partial charge in [-0.1, -0.05) is 30.3 Å². The molecule has 0 unspecified atom stereocenters. The number of rotatable bonds is 4. The predicted octanol–water partition coefficient (Wildman–Crippen LogP) is 2.35. The zero-order chi connectivity index (χ0) is 17.1. The van der Waals surface area contributed by atoms with Gasteiger partial charge in [-0.3, -0.25) is 14.3 Å². The second-order valence-electron chi connectivity index (χ2n) is 6.13. The Morgan fingerprint density at radius 1 is 1.25 bits per heavy atom. The van der Waals surface area contributed by atoms with Gasteiger partial charge < -0.3 is 10.2 Å². The van der Waals surface area contributed by atoms with Crippen molar-refractivity contribution in [3.05, 3.63) is 35.9 Å². The number of nitrogens with zero attached hydrogens (tertiary/aromatic N) is 3. The minimum atomic E-state index is -0.184. The first kappa shape index (κ1) is 16.2. The van der Waals surface area contributed by atoms with E-state index in [4.69, 9.17) is 0 Å². The molecule has 1 aromatic carbocycles. The van der Waals surface area contributed by atoms with Crippen LogP contribution in [0.5, 0.6) is 0 Å². The van der Waals surface area contributed by atoms with Gasteiger partial charge >= 0.3 is 0 Å². The summed E-state index contributed by atoms with van der Waals surface area (Å²) in [6, 6.07) is 9.87. The molecule has 0 saturated carbocycles. The van der Waals surface area contributed by atoms with Crippen molar-refractivity contribution in [2.24, 2.45) is 7.05 Å². The summed E-state index contributed by atoms with van der Waals surface area (Å²) < 4.78 is 1.67. The maximum absolute atomic E-state index is 12.3. The number of amides is 2. The van der Waals surface area contributed by atoms with Gasteiger partial charge in [-0.25, -0.2) is 0 Å². The van der Waals surface area contributed by atoms with Crippen molar-refractivity contribution in [2.45, 2.75) is 26.2 Å². The Kier molecular flexibility index (Phi) is 4.64. The fourth-order valence-electron chi connectivity index (χ4n) is 3.05. The van der Waals surface area contributed by atoms with Crippen LogP contribution < -0.4 is 5.32 Å². The number of anilines is 1. The maximum Gasteiger partial charge on any atom is 0.245 e. The van der Waals surface area contributed by atoms with Gasteiger partial charge in [0.25, 0.3) is 0 Å². The van der Waals surface area contributed by atoms with Crippen LogP contribution in [0.4, 0.5) is 5.82 Å². The number of carbonyl (C=O) groups excluding carboxylic acids is 2. The van der Waals surface area contributed by atoms with Crippen molar-refractivity contribution in [2.75, 3.05) is 18.4 Å². The lowest BCUT2D eigenvalue weighted by atomic mass is 10.1. The van der Waals surface area contributed by atoms with Crippen LogP contribution in [0, 0.1) is 6.92 Å². The highest BCUT2D eigenvalue weighted by Gasteiger charge is 2.22. The zero-order valence-corrected chi connectivity index (χ0v) is 14.1. The monoisotopic (exact) mass is 326 g/mol. The van der Waals surface area contributed by atoms with Gasteiger partial charge in [-0.2, -0.15) is 5.10 Å². The van der Waals surface area contributed by atoms with E-state index in [0.717, 1.165) is 29.7 Å². The Bertz CT molecular complexity index is 752. The molecule has 1 aromatic heterocycles. The molecule has 0 bridgehead atoms. The highest BCUT2D eigenvalue weighted by molar-refractivity contribution is 5.95. The van der Waals surface area contributed by atoms with Crippen molar-refractivity contribution in [1.82, 2.24) is 14.7 Å². The van der Waals surface area contributed by atoms with E-state index in [0.29, 0.717) is 18.8 Å². The number of hydrogen-bond donors (Lipinski definition) is 1. The largest absolute Gasteiger partial charge is 0.333 e. The zero-order valence-electron chi connectivity index (χ0n) is 14.1. The average molecular weight is 326 g/mol. The van der Waals surface area contributed by atoms with E-state index in [1.165, 1.54) is 0 Å². The van der Waals surface area contributed by atoms with Crippen LogP contribution in [0.15, 0.2) is 30.3 Å². The third kappa shape index (κ3) is 3.32. The van der Waals surface area contributed by atoms with Gasteiger partial charge in [-0.15, -0.1) is 0 Å². The molecule has 1 fully saturated rings. The van der Waals surface area contributed by atoms with E-state index in [1.54, 1.807) is 16.6 Å². The lowest BCUT2D eigenvalue weighted by Gasteiger charge is -2.26. The van der Waals surface area contributed by atoms with Gasteiger partial charge in [-0.05, 0) is 19.8 Å². The van der Waals surface area contributed by atoms with Crippen LogP contribution in [-0.4, -0.2) is 39.6 Å². The molecule has 6 nitrogen and oxygen atoms in total. The maximum atomic E-state index is 12.3. The number of aryl methyl sites for hydroxylation is 1. The first-order chi connectivity index (χ1) is 11.6. The van der Waals surface area contributed by atoms with E-state index in [1.807, 2.05) is 37.3 Å². The molecule has 1 aliphatic rings. The van der Waals surface area contributed by atoms with Crippen molar-refractivity contribution in [3.8, 4) is 11.3 Å². The number of nitrogens with one attached hydrogen (secondary N) is 1. The van der Waals surface area contributed by atoms with Gasteiger partial charge in [0, 0.05) is 31.1 Å². The first-order valence-electron chi connectivity index (χ1n) is 8.23. The number of likely N-dealkylation sites (tertiary alicyclic amines) is 1. The van der Waals surface area contributed by atoms with Gasteiger partial charge in [0.1, 0.15) is 5.82 Å². The molecule has 0 aliphatic carbocycles. The molecule has 1 N–H and O–H groups in total. The predicted molar refractivity (Wildman–Crippen MR) is 92.4 cm³/mol. The minimum absolute atomic E-state index is 0.0584. The fourth-order valence-corrected chi connectivity index (χ4v) is 3.05. The summed E-state index contributed by atoms with van der Waals surface area (Å²) in [4.78, 5) is 25.8. The van der Waals surface area contributed by atoms with E-state index in [2.05, 4.69) is 10.4 Å². The summed E-state index contributed by atoms with van der Waals surface area (Å²) in [5.74, 6) is 0.544. The third-order valence-corrected chi connectivity index (χ3v) is 4.34. The number of benzene rings is 1. The Labute approximate surface area is 141 Å². The Morgan fingerprint density at radius 2 is 2.00 bits per heavy atom. The molecule has 1 saturated heterocycles. The standard InChI is InChI=1S/C18H22N4O2/c1-13-17(14-8-4-3-5-9-14)20-21(2)18(13)19-15(23)12-22-11-7-6-10-16(22)24/h3-5,8-9H,6-7,10-12H2,1-2H3,(H,19,23). The molecule has 6 heteroatoms. The van der Waals surface area contributed by atoms with E-state index >= 15 is 0 Å². The molecular weight excluding hydrogens is 304 g/mol. The molecule has 2 amide bonds. The second kappa shape index (κ2) is 6.86. The summed E-state index contributed by atoms with van der Waals surface area (Å²) >= 11 is 0. The quantitative estimate of drug-likeness (QED) is 0.938. The van der Waals surface area contributed by atoms with Crippen LogP contribution in [0.2, 0.25) is 0 Å². The molecule has 0 spiro atoms. The highest BCUT2D eigenvalue weighted by atomic mass is 16.2. The average Bonchev–Trinajstić information content (AvgIpc) is 2.86. The number of aromatic nitrogens is 2. The smallest absolute Gasteiger partial charge is 0.245 e. The lowest BCUT2D eigenvalue weighted by molar-refractivity contribution is -0.136. The fraction of sp³-hybridized carbons (Fsp3) is 0.389. The molecule has 1 aliphatic heterocycles. The molecule has 0 atom stereocenters. The van der Waals surface area contributed by atoms with Crippen LogP contribution >= 0.6 is 0 Å². The molecule has 3 rings (SSSR count). The van der Waals surface area contributed by atoms with Crippen LogP contribution in [0.25, 0.3) is 11.3 Å². The Morgan fingerprint density at radius 3 is 2.71 bits per heavy atom. The van der Waals surface area contributed by atoms with Crippen molar-refractivity contribution in [1.29, 1.82) is 0 Å². The van der Waals surface area contributed by atoms with Crippen LogP contribution in [-0.2, 0) is 16.6 Å². The third-order valence-electron chi connectivity index (χ3n) is 4.34. The van der Waals surface area contributed by atoms with E-state index < -0.39 is 0 Å². The van der Waals surface area contributed by atoms with Crippen molar-refractivity contribution < 1.29 is 9.59 Å². The van der Waals surface area contributed by atoms with Gasteiger partial charge in [0.2, 0.25) is 11.8 Å². The van der Waals surface area contributed by atoms with Crippen molar-refractivity contribution >= 4 is 17.6 Å². The first-order valence-corrected chi connectivity index (χ1v) is 8.23. The van der Waals surface area contributed by atoms with Crippen molar-refractivity contribution in [3.63, 3.8) is 0 Å². The van der Waals surface area contributed by atoms with E-state index in [9.17, 15) is 9.59 Å². The molecule has 126 valence electrons. The van der Waals surface area contributed by atoms with Crippen LogP contribution in [0.3, 0.4) is 0 Å². The Balaban J connectivity index is 1.74. The molecule has 24 heavy (non-hydrogen) atoms. The van der Waals surface area contributed by atoms with Gasteiger partial charge in [0.05, 0.1) is 12.2 Å². The number of carbonyl (C=O) groups is 2. The van der Waals surface area contributed by atoms with E-state index in [-0.39, 0.29) is 18.4 Å². The Hall–Kier alpha value is -2.63. The molecule has 2 aromatic rings. The molecule has 0 radical (unpaired) electrons. The summed E-state index contributed by atoms with van der Waals surface area (Å²) in [7, 11) is 1.81. The number of hydrogen-bond acceptors (Lipinski definition) is 3. The summed E-state index contributed by atoms with van der Waals surface area (Å²) in [5, 5.41) is 7.42. The van der Waals surface area contributed by atoms with Crippen LogP contribution in [0.1, 0.15) is 24.8 Å². The number of piperidine rings is 1. The van der Waals surface area contributed by atoms with Gasteiger partial charge in [0.15, 0.2) is 0 Å². The second-order valence-corrected chi connectivity index (χ2v) is 6.13. The topological polar surface area (TPSA) is 67.2 Å². The molecule has 2 heterocycles. The summed E-state index contributed by atoms with van der Waals surface area (Å²) in [5.41, 5.74) is 2.78. The lowest BCUT2D eigenvalue weighted by Crippen LogP contribution is -2.41. The minimum Gasteiger partial charge on any atom is -0.333 e. The highest BCUT2D eigenvalue weighted by Crippen LogP contribution is 2.27. The SMILES string of the molecule is Cc1c(-c2ccccc2)nn(C)c1NC(=O)CN1CCCCC1=O. The normalized spacial score (nSPS) is 14.8. The summed E-state index contributed by atoms with van der Waals surface area (Å²) in [6.45, 7) is 2.70. The molecular formula is C18H22N4O2.